The van der Waals surface area contributed by atoms with E-state index in [0.717, 1.165) is 24.5 Å². The highest BCUT2D eigenvalue weighted by atomic mass is 16.5. The Kier molecular flexibility index (Phi) is 4.26. The number of carbonyl (C=O) groups excluding carboxylic acids is 1. The van der Waals surface area contributed by atoms with Crippen LogP contribution in [0, 0.1) is 18.3 Å². The fourth-order valence-electron chi connectivity index (χ4n) is 2.79. The number of aryl methyl sites for hydroxylation is 1. The van der Waals surface area contributed by atoms with Crippen LogP contribution in [0.5, 0.6) is 0 Å². The maximum atomic E-state index is 12.4. The topological polar surface area (TPSA) is 55.3 Å². The molecule has 1 fully saturated rings. The number of carbonyl (C=O) groups is 1. The molecule has 0 radical (unpaired) electrons. The average Bonchev–Trinajstić information content (AvgIpc) is 2.85. The van der Waals surface area contributed by atoms with E-state index in [2.05, 4.69) is 28.7 Å². The van der Waals surface area contributed by atoms with Gasteiger partial charge in [0.15, 0.2) is 0 Å². The molecule has 0 N–H and O–H groups in total. The summed E-state index contributed by atoms with van der Waals surface area (Å²) in [5, 5.41) is 0. The molecular weight excluding hydrogens is 254 g/mol. The van der Waals surface area contributed by atoms with Crippen molar-refractivity contribution in [1.29, 1.82) is 0 Å². The summed E-state index contributed by atoms with van der Waals surface area (Å²) in [6.07, 6.45) is 2.39. The van der Waals surface area contributed by atoms with Crippen LogP contribution >= 0.6 is 0 Å². The van der Waals surface area contributed by atoms with Crippen molar-refractivity contribution in [3.8, 4) is 0 Å². The minimum atomic E-state index is -0.422. The van der Waals surface area contributed by atoms with E-state index in [9.17, 15) is 4.79 Å². The summed E-state index contributed by atoms with van der Waals surface area (Å²) in [5.74, 6) is 1.06. The van der Waals surface area contributed by atoms with Crippen molar-refractivity contribution in [1.82, 2.24) is 9.97 Å². The summed E-state index contributed by atoms with van der Waals surface area (Å²) in [4.78, 5) is 23.0. The zero-order chi connectivity index (χ0) is 14.8. The van der Waals surface area contributed by atoms with E-state index in [4.69, 9.17) is 4.74 Å². The molecule has 2 heterocycles. The Morgan fingerprint density at radius 1 is 1.50 bits per heavy atom. The van der Waals surface area contributed by atoms with Crippen molar-refractivity contribution < 1.29 is 9.53 Å². The highest BCUT2D eigenvalue weighted by molar-refractivity contribution is 5.79. The SMILES string of the molecule is CCOC(=O)C1(C(C)C)CCN(c2cc(C)ncn2)C1. The number of aromatic nitrogens is 2. The Balaban J connectivity index is 2.21. The van der Waals surface area contributed by atoms with E-state index in [0.29, 0.717) is 13.2 Å². The minimum Gasteiger partial charge on any atom is -0.466 e. The van der Waals surface area contributed by atoms with Crippen LogP contribution in [0.3, 0.4) is 0 Å². The monoisotopic (exact) mass is 277 g/mol. The van der Waals surface area contributed by atoms with E-state index in [1.807, 2.05) is 19.9 Å². The van der Waals surface area contributed by atoms with Gasteiger partial charge < -0.3 is 9.64 Å². The molecule has 1 saturated heterocycles. The smallest absolute Gasteiger partial charge is 0.314 e. The molecule has 0 aromatic carbocycles. The van der Waals surface area contributed by atoms with Gasteiger partial charge in [-0.25, -0.2) is 9.97 Å². The molecule has 0 saturated carbocycles. The molecule has 1 aliphatic heterocycles. The van der Waals surface area contributed by atoms with Gasteiger partial charge in [0.2, 0.25) is 0 Å². The van der Waals surface area contributed by atoms with Crippen LogP contribution in [0.4, 0.5) is 5.82 Å². The maximum absolute atomic E-state index is 12.4. The Hall–Kier alpha value is -1.65. The van der Waals surface area contributed by atoms with Crippen molar-refractivity contribution in [3.05, 3.63) is 18.1 Å². The van der Waals surface area contributed by atoms with Crippen molar-refractivity contribution in [2.75, 3.05) is 24.6 Å². The van der Waals surface area contributed by atoms with Crippen LogP contribution in [-0.4, -0.2) is 35.6 Å². The molecule has 0 bridgehead atoms. The molecule has 0 aliphatic carbocycles. The molecular formula is C15H23N3O2. The fourth-order valence-corrected chi connectivity index (χ4v) is 2.79. The van der Waals surface area contributed by atoms with Gasteiger partial charge in [-0.2, -0.15) is 0 Å². The first kappa shape index (κ1) is 14.8. The largest absolute Gasteiger partial charge is 0.466 e. The molecule has 20 heavy (non-hydrogen) atoms. The highest BCUT2D eigenvalue weighted by Gasteiger charge is 2.48. The van der Waals surface area contributed by atoms with Crippen LogP contribution in [0.2, 0.25) is 0 Å². The number of anilines is 1. The molecule has 1 atom stereocenters. The maximum Gasteiger partial charge on any atom is 0.314 e. The zero-order valence-corrected chi connectivity index (χ0v) is 12.7. The van der Waals surface area contributed by atoms with Gasteiger partial charge in [-0.05, 0) is 26.2 Å². The lowest BCUT2D eigenvalue weighted by Gasteiger charge is -2.31. The third-order valence-electron chi connectivity index (χ3n) is 4.20. The second kappa shape index (κ2) is 5.77. The minimum absolute atomic E-state index is 0.0803. The van der Waals surface area contributed by atoms with E-state index in [1.165, 1.54) is 0 Å². The molecule has 0 amide bonds. The van der Waals surface area contributed by atoms with Gasteiger partial charge in [0.1, 0.15) is 12.1 Å². The van der Waals surface area contributed by atoms with Crippen molar-refractivity contribution in [3.63, 3.8) is 0 Å². The van der Waals surface area contributed by atoms with Gasteiger partial charge >= 0.3 is 5.97 Å². The first-order valence-corrected chi connectivity index (χ1v) is 7.20. The molecule has 1 aromatic heterocycles. The van der Waals surface area contributed by atoms with Gasteiger partial charge in [0.05, 0.1) is 12.0 Å². The summed E-state index contributed by atoms with van der Waals surface area (Å²) in [7, 11) is 0. The number of rotatable bonds is 4. The summed E-state index contributed by atoms with van der Waals surface area (Å²) in [6, 6.07) is 1.96. The van der Waals surface area contributed by atoms with E-state index < -0.39 is 5.41 Å². The lowest BCUT2D eigenvalue weighted by Crippen LogP contribution is -2.40. The van der Waals surface area contributed by atoms with Gasteiger partial charge in [0.25, 0.3) is 0 Å². The standard InChI is InChI=1S/C15H23N3O2/c1-5-20-14(19)15(11(2)3)6-7-18(9-15)13-8-12(4)16-10-17-13/h8,10-11H,5-7,9H2,1-4H3. The lowest BCUT2D eigenvalue weighted by atomic mass is 9.76. The predicted molar refractivity (Wildman–Crippen MR) is 77.5 cm³/mol. The molecule has 5 nitrogen and oxygen atoms in total. The van der Waals surface area contributed by atoms with Gasteiger partial charge in [-0.15, -0.1) is 0 Å². The van der Waals surface area contributed by atoms with Crippen LogP contribution in [-0.2, 0) is 9.53 Å². The average molecular weight is 277 g/mol. The van der Waals surface area contributed by atoms with Crippen LogP contribution in [0.15, 0.2) is 12.4 Å². The second-order valence-electron chi connectivity index (χ2n) is 5.72. The van der Waals surface area contributed by atoms with Gasteiger partial charge in [-0.3, -0.25) is 4.79 Å². The highest BCUT2D eigenvalue weighted by Crippen LogP contribution is 2.40. The Morgan fingerprint density at radius 2 is 2.25 bits per heavy atom. The number of hydrogen-bond acceptors (Lipinski definition) is 5. The van der Waals surface area contributed by atoms with Gasteiger partial charge in [0, 0.05) is 24.8 Å². The Labute approximate surface area is 120 Å². The molecule has 1 aliphatic rings. The number of ether oxygens (including phenoxy) is 1. The van der Waals surface area contributed by atoms with Crippen molar-refractivity contribution >= 4 is 11.8 Å². The van der Waals surface area contributed by atoms with Crippen LogP contribution in [0.25, 0.3) is 0 Å². The fraction of sp³-hybridized carbons (Fsp3) is 0.667. The van der Waals surface area contributed by atoms with Crippen molar-refractivity contribution in [2.24, 2.45) is 11.3 Å². The first-order chi connectivity index (χ1) is 9.49. The zero-order valence-electron chi connectivity index (χ0n) is 12.7. The van der Waals surface area contributed by atoms with E-state index in [1.54, 1.807) is 6.33 Å². The molecule has 110 valence electrons. The van der Waals surface area contributed by atoms with Crippen LogP contribution in [0.1, 0.15) is 32.9 Å². The normalized spacial score (nSPS) is 22.4. The molecule has 2 rings (SSSR count). The molecule has 5 heteroatoms. The Morgan fingerprint density at radius 3 is 2.85 bits per heavy atom. The third-order valence-corrected chi connectivity index (χ3v) is 4.20. The number of nitrogens with zero attached hydrogens (tertiary/aromatic N) is 3. The first-order valence-electron chi connectivity index (χ1n) is 7.20. The molecule has 1 aromatic rings. The number of esters is 1. The summed E-state index contributed by atoms with van der Waals surface area (Å²) >= 11 is 0. The number of hydrogen-bond donors (Lipinski definition) is 0. The van der Waals surface area contributed by atoms with Crippen LogP contribution < -0.4 is 4.90 Å². The lowest BCUT2D eigenvalue weighted by molar-refractivity contribution is -0.156. The molecule has 1 unspecified atom stereocenters. The third kappa shape index (κ3) is 2.62. The quantitative estimate of drug-likeness (QED) is 0.790. The summed E-state index contributed by atoms with van der Waals surface area (Å²) in [5.41, 5.74) is 0.516. The molecule has 0 spiro atoms. The summed E-state index contributed by atoms with van der Waals surface area (Å²) < 4.78 is 5.30. The van der Waals surface area contributed by atoms with E-state index in [-0.39, 0.29) is 11.9 Å². The predicted octanol–water partition coefficient (Wildman–Crippen LogP) is 2.20. The van der Waals surface area contributed by atoms with Gasteiger partial charge in [-0.1, -0.05) is 13.8 Å². The van der Waals surface area contributed by atoms with E-state index >= 15 is 0 Å². The summed E-state index contributed by atoms with van der Waals surface area (Å²) in [6.45, 7) is 9.90. The second-order valence-corrected chi connectivity index (χ2v) is 5.72. The van der Waals surface area contributed by atoms with Crippen molar-refractivity contribution in [2.45, 2.75) is 34.1 Å². The Bertz CT molecular complexity index is 490.